The monoisotopic (exact) mass is 115 g/mol. The second-order valence-corrected chi connectivity index (χ2v) is 1.48. The molecule has 1 N–H and O–H groups in total. The van der Waals surface area contributed by atoms with Gasteiger partial charge < -0.3 is 9.84 Å². The normalized spacial score (nSPS) is 13.2. The molecule has 0 aliphatic heterocycles. The molecular weight excluding hydrogens is 104 g/mol. The van der Waals surface area contributed by atoms with Crippen molar-refractivity contribution >= 4 is 0 Å². The molecule has 0 heterocycles. The van der Waals surface area contributed by atoms with Crippen molar-refractivity contribution in [2.45, 2.75) is 6.10 Å². The molecule has 1 unspecified atom stereocenters. The van der Waals surface area contributed by atoms with Gasteiger partial charge in [0.25, 0.3) is 0 Å². The molecule has 0 aromatic heterocycles. The zero-order valence-corrected chi connectivity index (χ0v) is 4.84. The first kappa shape index (κ1) is 7.66. The summed E-state index contributed by atoms with van der Waals surface area (Å²) >= 11 is 0. The highest BCUT2D eigenvalue weighted by Crippen LogP contribution is 1.80. The van der Waals surface area contributed by atoms with Crippen molar-refractivity contribution in [1.82, 2.24) is 0 Å². The van der Waals surface area contributed by atoms with E-state index in [0.29, 0.717) is 6.61 Å². The second-order valence-electron chi connectivity index (χ2n) is 1.48. The summed E-state index contributed by atoms with van der Waals surface area (Å²) in [5, 5.41) is 8.51. The molecule has 2 heteroatoms. The first-order valence-electron chi connectivity index (χ1n) is 2.47. The van der Waals surface area contributed by atoms with Crippen LogP contribution < -0.4 is 0 Å². The molecule has 0 aromatic carbocycles. The topological polar surface area (TPSA) is 29.5 Å². The maximum atomic E-state index is 8.51. The molecule has 0 spiro atoms. The Bertz CT molecular complexity index is 59.5. The van der Waals surface area contributed by atoms with Crippen molar-refractivity contribution < 1.29 is 9.84 Å². The van der Waals surface area contributed by atoms with Crippen LogP contribution in [0.15, 0.2) is 12.7 Å². The largest absolute Gasteiger partial charge is 0.391 e. The third-order valence-electron chi connectivity index (χ3n) is 0.546. The molecule has 8 heavy (non-hydrogen) atoms. The average molecular weight is 115 g/mol. The molecule has 0 aliphatic rings. The summed E-state index contributed by atoms with van der Waals surface area (Å²) in [4.78, 5) is 0. The van der Waals surface area contributed by atoms with Gasteiger partial charge >= 0.3 is 0 Å². The zero-order chi connectivity index (χ0) is 6.41. The number of aliphatic hydroxyl groups excluding tert-OH is 1. The van der Waals surface area contributed by atoms with Crippen LogP contribution in [-0.4, -0.2) is 24.4 Å². The van der Waals surface area contributed by atoms with Crippen LogP contribution in [0.4, 0.5) is 0 Å². The first-order chi connectivity index (χ1) is 3.77. The predicted octanol–water partition coefficient (Wildman–Crippen LogP) is 0.384. The zero-order valence-electron chi connectivity index (χ0n) is 4.84. The number of hydrogen-bond donors (Lipinski definition) is 1. The molecular formula is C6H11O2. The molecule has 0 amide bonds. The summed E-state index contributed by atoms with van der Waals surface area (Å²) in [7, 11) is 0. The minimum atomic E-state index is -0.616. The Morgan fingerprint density at radius 2 is 2.38 bits per heavy atom. The average Bonchev–Trinajstić information content (AvgIpc) is 1.66. The third kappa shape index (κ3) is 5.66. The van der Waals surface area contributed by atoms with Crippen LogP contribution in [0, 0.1) is 6.92 Å². The summed E-state index contributed by atoms with van der Waals surface area (Å²) in [6.45, 7) is 7.50. The summed E-state index contributed by atoms with van der Waals surface area (Å²) in [6.07, 6.45) is 1.01. The van der Waals surface area contributed by atoms with E-state index in [1.165, 1.54) is 0 Å². The fraction of sp³-hybridized carbons (Fsp3) is 0.500. The number of hydrogen-bond acceptors (Lipinski definition) is 2. The van der Waals surface area contributed by atoms with Gasteiger partial charge in [-0.3, -0.25) is 0 Å². The molecule has 0 bridgehead atoms. The van der Waals surface area contributed by atoms with Gasteiger partial charge in [-0.05, 0) is 6.92 Å². The number of aliphatic hydroxyl groups is 1. The lowest BCUT2D eigenvalue weighted by Crippen LogP contribution is -2.10. The molecule has 1 atom stereocenters. The molecule has 0 rings (SSSR count). The standard InChI is InChI=1S/C6H11O2/c1-3-4-8-5-6(2)7/h3,6-7H,1-2,4-5H2. The molecule has 1 radical (unpaired) electrons. The van der Waals surface area contributed by atoms with E-state index in [4.69, 9.17) is 9.84 Å². The van der Waals surface area contributed by atoms with E-state index >= 15 is 0 Å². The summed E-state index contributed by atoms with van der Waals surface area (Å²) in [5.74, 6) is 0. The van der Waals surface area contributed by atoms with Gasteiger partial charge in [-0.25, -0.2) is 0 Å². The quantitative estimate of drug-likeness (QED) is 0.424. The van der Waals surface area contributed by atoms with Crippen molar-refractivity contribution in [3.05, 3.63) is 19.6 Å². The van der Waals surface area contributed by atoms with Crippen LogP contribution in [0.3, 0.4) is 0 Å². The predicted molar refractivity (Wildman–Crippen MR) is 32.4 cm³/mol. The minimum Gasteiger partial charge on any atom is -0.391 e. The van der Waals surface area contributed by atoms with Crippen molar-refractivity contribution in [3.63, 3.8) is 0 Å². The highest BCUT2D eigenvalue weighted by molar-refractivity contribution is 4.64. The van der Waals surface area contributed by atoms with Crippen LogP contribution in [0.2, 0.25) is 0 Å². The fourth-order valence-electron chi connectivity index (χ4n) is 0.287. The van der Waals surface area contributed by atoms with Crippen molar-refractivity contribution in [2.24, 2.45) is 0 Å². The van der Waals surface area contributed by atoms with E-state index in [2.05, 4.69) is 13.5 Å². The van der Waals surface area contributed by atoms with E-state index in [0.717, 1.165) is 0 Å². The Labute approximate surface area is 49.8 Å². The molecule has 47 valence electrons. The van der Waals surface area contributed by atoms with Crippen LogP contribution in [0.25, 0.3) is 0 Å². The van der Waals surface area contributed by atoms with Crippen molar-refractivity contribution in [2.75, 3.05) is 13.2 Å². The first-order valence-corrected chi connectivity index (χ1v) is 2.47. The lowest BCUT2D eigenvalue weighted by atomic mass is 10.4. The smallest absolute Gasteiger partial charge is 0.0774 e. The van der Waals surface area contributed by atoms with E-state index < -0.39 is 6.10 Å². The lowest BCUT2D eigenvalue weighted by Gasteiger charge is -2.01. The number of ether oxygens (including phenoxy) is 1. The van der Waals surface area contributed by atoms with Gasteiger partial charge in [0.2, 0.25) is 0 Å². The summed E-state index contributed by atoms with van der Waals surface area (Å²) in [6, 6.07) is 0. The van der Waals surface area contributed by atoms with Crippen molar-refractivity contribution in [3.8, 4) is 0 Å². The summed E-state index contributed by atoms with van der Waals surface area (Å²) in [5.41, 5.74) is 0. The van der Waals surface area contributed by atoms with Gasteiger partial charge in [-0.1, -0.05) is 6.08 Å². The van der Waals surface area contributed by atoms with Gasteiger partial charge in [0, 0.05) is 0 Å². The lowest BCUT2D eigenvalue weighted by molar-refractivity contribution is 0.0735. The van der Waals surface area contributed by atoms with Gasteiger partial charge in [-0.15, -0.1) is 6.58 Å². The number of rotatable bonds is 4. The SMILES string of the molecule is [CH2]C(O)COCC=C. The molecule has 0 aromatic rings. The Morgan fingerprint density at radius 1 is 1.75 bits per heavy atom. The highest BCUT2D eigenvalue weighted by atomic mass is 16.5. The van der Waals surface area contributed by atoms with Gasteiger partial charge in [0.15, 0.2) is 0 Å². The third-order valence-corrected chi connectivity index (χ3v) is 0.546. The van der Waals surface area contributed by atoms with E-state index in [1.54, 1.807) is 6.08 Å². The van der Waals surface area contributed by atoms with E-state index in [9.17, 15) is 0 Å². The van der Waals surface area contributed by atoms with E-state index in [1.807, 2.05) is 0 Å². The molecule has 0 fully saturated rings. The highest BCUT2D eigenvalue weighted by Gasteiger charge is 1.90. The maximum Gasteiger partial charge on any atom is 0.0774 e. The van der Waals surface area contributed by atoms with E-state index in [-0.39, 0.29) is 6.61 Å². The van der Waals surface area contributed by atoms with Crippen LogP contribution in [-0.2, 0) is 4.74 Å². The fourth-order valence-corrected chi connectivity index (χ4v) is 0.287. The summed E-state index contributed by atoms with van der Waals surface area (Å²) < 4.78 is 4.81. The maximum absolute atomic E-state index is 8.51. The molecule has 2 nitrogen and oxygen atoms in total. The van der Waals surface area contributed by atoms with Gasteiger partial charge in [0.1, 0.15) is 0 Å². The Morgan fingerprint density at radius 3 is 2.75 bits per heavy atom. The van der Waals surface area contributed by atoms with Gasteiger partial charge in [0.05, 0.1) is 19.3 Å². The Balaban J connectivity index is 2.81. The Kier molecular flexibility index (Phi) is 4.61. The van der Waals surface area contributed by atoms with Crippen LogP contribution in [0.5, 0.6) is 0 Å². The van der Waals surface area contributed by atoms with Gasteiger partial charge in [-0.2, -0.15) is 0 Å². The van der Waals surface area contributed by atoms with Crippen molar-refractivity contribution in [1.29, 1.82) is 0 Å². The van der Waals surface area contributed by atoms with Crippen LogP contribution >= 0.6 is 0 Å². The molecule has 0 aliphatic carbocycles. The second kappa shape index (κ2) is 4.81. The Hall–Kier alpha value is -0.340. The van der Waals surface area contributed by atoms with Crippen LogP contribution in [0.1, 0.15) is 0 Å². The minimum absolute atomic E-state index is 0.284. The molecule has 0 saturated heterocycles. The molecule has 0 saturated carbocycles.